The molecule has 0 unspecified atom stereocenters. The Hall–Kier alpha value is -2.74. The van der Waals surface area contributed by atoms with Gasteiger partial charge in [-0.25, -0.2) is 0 Å². The third-order valence-corrected chi connectivity index (χ3v) is 3.63. The van der Waals surface area contributed by atoms with Gasteiger partial charge in [0.05, 0.1) is 0 Å². The van der Waals surface area contributed by atoms with E-state index >= 15 is 0 Å². The Morgan fingerprint density at radius 1 is 0.714 bits per heavy atom. The van der Waals surface area contributed by atoms with Crippen LogP contribution in [0.3, 0.4) is 0 Å². The maximum Gasteiger partial charge on any atom is 0.119 e. The van der Waals surface area contributed by atoms with E-state index < -0.39 is 0 Å². The Labute approximate surface area is 124 Å². The Morgan fingerprint density at radius 2 is 1.24 bits per heavy atom. The molecule has 0 aliphatic heterocycles. The molecule has 21 heavy (non-hydrogen) atoms. The molecule has 2 heteroatoms. The largest absolute Gasteiger partial charge is 0.508 e. The number of benzene rings is 3. The first-order valence-corrected chi connectivity index (χ1v) is 6.94. The lowest BCUT2D eigenvalue weighted by atomic mass is 9.84. The summed E-state index contributed by atoms with van der Waals surface area (Å²) >= 11 is 0. The number of phenols is 1. The van der Waals surface area contributed by atoms with E-state index in [0.717, 1.165) is 16.7 Å². The van der Waals surface area contributed by atoms with Crippen molar-refractivity contribution in [1.29, 1.82) is 0 Å². The molecular weight excluding hydrogens is 258 g/mol. The monoisotopic (exact) mass is 275 g/mol. The molecule has 0 spiro atoms. The van der Waals surface area contributed by atoms with E-state index in [4.69, 9.17) is 5.73 Å². The van der Waals surface area contributed by atoms with Crippen molar-refractivity contribution in [3.8, 4) is 5.75 Å². The maximum absolute atomic E-state index is 10.3. The van der Waals surface area contributed by atoms with Crippen LogP contribution in [0.4, 0.5) is 5.69 Å². The Bertz CT molecular complexity index is 684. The molecule has 2 nitrogen and oxygen atoms in total. The maximum atomic E-state index is 10.3. The lowest BCUT2D eigenvalue weighted by Gasteiger charge is -2.20. The lowest BCUT2D eigenvalue weighted by molar-refractivity contribution is 0.467. The van der Waals surface area contributed by atoms with Crippen LogP contribution in [-0.2, 0) is 0 Å². The molecule has 0 aromatic heterocycles. The molecule has 0 aliphatic rings. The second-order valence-electron chi connectivity index (χ2n) is 5.07. The van der Waals surface area contributed by atoms with Crippen molar-refractivity contribution in [2.45, 2.75) is 5.92 Å². The minimum atomic E-state index is -0.0316. The number of rotatable bonds is 3. The van der Waals surface area contributed by atoms with Crippen molar-refractivity contribution in [3.63, 3.8) is 0 Å². The summed E-state index contributed by atoms with van der Waals surface area (Å²) in [5, 5.41) is 10.3. The molecule has 0 saturated carbocycles. The fraction of sp³-hybridized carbons (Fsp3) is 0.0526. The van der Waals surface area contributed by atoms with Gasteiger partial charge in [-0.1, -0.05) is 60.7 Å². The summed E-state index contributed by atoms with van der Waals surface area (Å²) in [7, 11) is 0. The van der Waals surface area contributed by atoms with Gasteiger partial charge in [0.15, 0.2) is 0 Å². The number of nitrogens with two attached hydrogens (primary N) is 1. The topological polar surface area (TPSA) is 46.2 Å². The third-order valence-electron chi connectivity index (χ3n) is 3.63. The van der Waals surface area contributed by atoms with E-state index in [9.17, 15) is 5.11 Å². The molecule has 3 aromatic rings. The van der Waals surface area contributed by atoms with Crippen LogP contribution in [0, 0.1) is 0 Å². The normalized spacial score (nSPS) is 10.7. The van der Waals surface area contributed by atoms with Gasteiger partial charge in [0, 0.05) is 17.2 Å². The standard InChI is InChI=1S/C19H17NO/c20-16-11-12-18(21)17(13-16)19(14-7-3-1-4-8-14)15-9-5-2-6-10-15/h1-13,19,21H,20H2. The first kappa shape index (κ1) is 13.3. The first-order chi connectivity index (χ1) is 10.3. The summed E-state index contributed by atoms with van der Waals surface area (Å²) in [6.07, 6.45) is 0. The van der Waals surface area contributed by atoms with Crippen molar-refractivity contribution in [2.75, 3.05) is 5.73 Å². The lowest BCUT2D eigenvalue weighted by Crippen LogP contribution is -2.04. The molecular formula is C19H17NO. The van der Waals surface area contributed by atoms with Gasteiger partial charge in [-0.3, -0.25) is 0 Å². The summed E-state index contributed by atoms with van der Waals surface area (Å²) in [6.45, 7) is 0. The van der Waals surface area contributed by atoms with Gasteiger partial charge in [-0.05, 0) is 29.3 Å². The molecule has 3 rings (SSSR count). The van der Waals surface area contributed by atoms with Crippen LogP contribution >= 0.6 is 0 Å². The predicted octanol–water partition coefficient (Wildman–Crippen LogP) is 4.15. The zero-order valence-corrected chi connectivity index (χ0v) is 11.6. The van der Waals surface area contributed by atoms with Gasteiger partial charge in [-0.15, -0.1) is 0 Å². The van der Waals surface area contributed by atoms with E-state index in [-0.39, 0.29) is 11.7 Å². The molecule has 0 heterocycles. The molecule has 104 valence electrons. The molecule has 0 fully saturated rings. The van der Waals surface area contributed by atoms with E-state index in [1.54, 1.807) is 12.1 Å². The van der Waals surface area contributed by atoms with Crippen molar-refractivity contribution < 1.29 is 5.11 Å². The van der Waals surface area contributed by atoms with Gasteiger partial charge in [0.25, 0.3) is 0 Å². The van der Waals surface area contributed by atoms with Crippen molar-refractivity contribution in [3.05, 3.63) is 95.6 Å². The van der Waals surface area contributed by atoms with Gasteiger partial charge in [0.1, 0.15) is 5.75 Å². The predicted molar refractivity (Wildman–Crippen MR) is 86.3 cm³/mol. The van der Waals surface area contributed by atoms with Gasteiger partial charge >= 0.3 is 0 Å². The molecule has 3 aromatic carbocycles. The van der Waals surface area contributed by atoms with Crippen LogP contribution in [0.2, 0.25) is 0 Å². The third kappa shape index (κ3) is 2.75. The molecule has 0 bridgehead atoms. The number of anilines is 1. The Morgan fingerprint density at radius 3 is 1.76 bits per heavy atom. The van der Waals surface area contributed by atoms with Crippen molar-refractivity contribution in [1.82, 2.24) is 0 Å². The second kappa shape index (κ2) is 5.71. The molecule has 0 saturated heterocycles. The van der Waals surface area contributed by atoms with Crippen molar-refractivity contribution >= 4 is 5.69 Å². The number of aromatic hydroxyl groups is 1. The van der Waals surface area contributed by atoms with Gasteiger partial charge < -0.3 is 10.8 Å². The average molecular weight is 275 g/mol. The van der Waals surface area contributed by atoms with Crippen LogP contribution < -0.4 is 5.73 Å². The highest BCUT2D eigenvalue weighted by atomic mass is 16.3. The smallest absolute Gasteiger partial charge is 0.119 e. The van der Waals surface area contributed by atoms with Crippen LogP contribution in [0.25, 0.3) is 0 Å². The first-order valence-electron chi connectivity index (χ1n) is 6.94. The fourth-order valence-electron chi connectivity index (χ4n) is 2.65. The Balaban J connectivity index is 2.20. The molecule has 0 atom stereocenters. The summed E-state index contributed by atoms with van der Waals surface area (Å²) in [6, 6.07) is 25.5. The molecule has 0 amide bonds. The Kier molecular flexibility index (Phi) is 3.61. The van der Waals surface area contributed by atoms with Gasteiger partial charge in [-0.2, -0.15) is 0 Å². The summed E-state index contributed by atoms with van der Waals surface area (Å²) in [5.74, 6) is 0.234. The van der Waals surface area contributed by atoms with Crippen LogP contribution in [0.15, 0.2) is 78.9 Å². The van der Waals surface area contributed by atoms with Crippen LogP contribution in [0.5, 0.6) is 5.75 Å². The highest BCUT2D eigenvalue weighted by Crippen LogP contribution is 2.37. The van der Waals surface area contributed by atoms with E-state index in [0.29, 0.717) is 5.69 Å². The SMILES string of the molecule is Nc1ccc(O)c(C(c2ccccc2)c2ccccc2)c1. The summed E-state index contributed by atoms with van der Waals surface area (Å²) in [5.41, 5.74) is 9.65. The second-order valence-corrected chi connectivity index (χ2v) is 5.07. The van der Waals surface area contributed by atoms with Crippen LogP contribution in [-0.4, -0.2) is 5.11 Å². The zero-order valence-electron chi connectivity index (χ0n) is 11.6. The number of phenolic OH excluding ortho intramolecular Hbond substituents is 1. The van der Waals surface area contributed by atoms with E-state index in [2.05, 4.69) is 24.3 Å². The minimum absolute atomic E-state index is 0.0316. The van der Waals surface area contributed by atoms with Gasteiger partial charge in [0.2, 0.25) is 0 Å². The average Bonchev–Trinajstić information content (AvgIpc) is 2.53. The number of nitrogen functional groups attached to an aromatic ring is 1. The van der Waals surface area contributed by atoms with E-state index in [1.165, 1.54) is 0 Å². The molecule has 3 N–H and O–H groups in total. The summed E-state index contributed by atoms with van der Waals surface area (Å²) < 4.78 is 0. The molecule has 0 aliphatic carbocycles. The number of hydrogen-bond acceptors (Lipinski definition) is 2. The highest BCUT2D eigenvalue weighted by molar-refractivity contribution is 5.54. The fourth-order valence-corrected chi connectivity index (χ4v) is 2.65. The van der Waals surface area contributed by atoms with Crippen LogP contribution in [0.1, 0.15) is 22.6 Å². The quantitative estimate of drug-likeness (QED) is 0.428. The van der Waals surface area contributed by atoms with Crippen molar-refractivity contribution in [2.24, 2.45) is 0 Å². The highest BCUT2D eigenvalue weighted by Gasteiger charge is 2.19. The zero-order chi connectivity index (χ0) is 14.7. The minimum Gasteiger partial charge on any atom is -0.508 e. The number of hydrogen-bond donors (Lipinski definition) is 2. The molecule has 0 radical (unpaired) electrons. The van der Waals surface area contributed by atoms with E-state index in [1.807, 2.05) is 42.5 Å². The summed E-state index contributed by atoms with van der Waals surface area (Å²) in [4.78, 5) is 0.